The maximum atomic E-state index is 13.0. The normalized spacial score (nSPS) is 23.7. The molecule has 1 unspecified atom stereocenters. The average molecular weight is 240 g/mol. The minimum atomic E-state index is -0.746. The Hall–Kier alpha value is -1.49. The average Bonchev–Trinajstić information content (AvgIpc) is 2.63. The number of carbonyl (C=O) groups excluding carboxylic acids is 1. The lowest BCUT2D eigenvalue weighted by Gasteiger charge is -2.24. The number of hydrogen-bond acceptors (Lipinski definition) is 2. The van der Waals surface area contributed by atoms with E-state index in [4.69, 9.17) is 0 Å². The van der Waals surface area contributed by atoms with Crippen LogP contribution in [0.1, 0.15) is 23.7 Å². The standard InChI is InChI=1S/C12H14F2N2O/c1-12(2-3-15-7-12)16-11(17)8-4-9(13)6-10(14)5-8/h4-6,15H,2-3,7H2,1H3,(H,16,17). The van der Waals surface area contributed by atoms with Crippen LogP contribution < -0.4 is 10.6 Å². The van der Waals surface area contributed by atoms with Crippen LogP contribution in [-0.4, -0.2) is 24.5 Å². The molecule has 1 saturated heterocycles. The van der Waals surface area contributed by atoms with Gasteiger partial charge >= 0.3 is 0 Å². The monoisotopic (exact) mass is 240 g/mol. The van der Waals surface area contributed by atoms with Gasteiger partial charge in [0, 0.05) is 18.2 Å². The van der Waals surface area contributed by atoms with Crippen molar-refractivity contribution < 1.29 is 13.6 Å². The van der Waals surface area contributed by atoms with Crippen molar-refractivity contribution in [3.05, 3.63) is 35.4 Å². The summed E-state index contributed by atoms with van der Waals surface area (Å²) in [6, 6.07) is 2.81. The molecule has 5 heteroatoms. The molecule has 17 heavy (non-hydrogen) atoms. The summed E-state index contributed by atoms with van der Waals surface area (Å²) in [6.45, 7) is 3.39. The van der Waals surface area contributed by atoms with Crippen molar-refractivity contribution in [3.8, 4) is 0 Å². The molecule has 3 nitrogen and oxygen atoms in total. The second-order valence-corrected chi connectivity index (χ2v) is 4.60. The molecule has 1 aliphatic heterocycles. The van der Waals surface area contributed by atoms with Crippen molar-refractivity contribution in [3.63, 3.8) is 0 Å². The van der Waals surface area contributed by atoms with Gasteiger partial charge in [-0.3, -0.25) is 4.79 Å². The van der Waals surface area contributed by atoms with E-state index in [1.54, 1.807) is 0 Å². The maximum Gasteiger partial charge on any atom is 0.251 e. The predicted molar refractivity (Wildman–Crippen MR) is 59.7 cm³/mol. The van der Waals surface area contributed by atoms with Gasteiger partial charge in [0.25, 0.3) is 5.91 Å². The number of hydrogen-bond donors (Lipinski definition) is 2. The van der Waals surface area contributed by atoms with E-state index in [1.165, 1.54) is 0 Å². The van der Waals surface area contributed by atoms with Gasteiger partial charge in [-0.2, -0.15) is 0 Å². The molecule has 1 heterocycles. The first-order valence-corrected chi connectivity index (χ1v) is 5.48. The zero-order valence-electron chi connectivity index (χ0n) is 9.52. The van der Waals surface area contributed by atoms with Crippen LogP contribution in [0.15, 0.2) is 18.2 Å². The summed E-state index contributed by atoms with van der Waals surface area (Å²) in [5.41, 5.74) is -0.338. The van der Waals surface area contributed by atoms with Crippen molar-refractivity contribution in [2.24, 2.45) is 0 Å². The Kier molecular flexibility index (Phi) is 3.11. The lowest BCUT2D eigenvalue weighted by Crippen LogP contribution is -2.47. The molecule has 1 fully saturated rings. The highest BCUT2D eigenvalue weighted by molar-refractivity contribution is 5.94. The zero-order valence-corrected chi connectivity index (χ0v) is 9.52. The van der Waals surface area contributed by atoms with Gasteiger partial charge in [0.05, 0.1) is 5.54 Å². The summed E-state index contributed by atoms with van der Waals surface area (Å²) >= 11 is 0. The molecule has 92 valence electrons. The van der Waals surface area contributed by atoms with Gasteiger partial charge in [0.2, 0.25) is 0 Å². The van der Waals surface area contributed by atoms with Gasteiger partial charge in [-0.25, -0.2) is 8.78 Å². The predicted octanol–water partition coefficient (Wildman–Crippen LogP) is 1.45. The van der Waals surface area contributed by atoms with Crippen LogP contribution in [-0.2, 0) is 0 Å². The third kappa shape index (κ3) is 2.79. The molecule has 0 spiro atoms. The maximum absolute atomic E-state index is 13.0. The number of nitrogens with one attached hydrogen (secondary N) is 2. The summed E-state index contributed by atoms with van der Waals surface area (Å²) in [6.07, 6.45) is 0.802. The van der Waals surface area contributed by atoms with E-state index in [2.05, 4.69) is 10.6 Å². The van der Waals surface area contributed by atoms with Crippen LogP contribution in [0.5, 0.6) is 0 Å². The molecule has 1 atom stereocenters. The zero-order chi connectivity index (χ0) is 12.5. The van der Waals surface area contributed by atoms with E-state index < -0.39 is 17.5 Å². The van der Waals surface area contributed by atoms with Crippen molar-refractivity contribution in [2.45, 2.75) is 18.9 Å². The topological polar surface area (TPSA) is 41.1 Å². The molecule has 0 radical (unpaired) electrons. The van der Waals surface area contributed by atoms with Gasteiger partial charge in [0.15, 0.2) is 0 Å². The Labute approximate surface area is 98.2 Å². The van der Waals surface area contributed by atoms with Crippen LogP contribution in [0.3, 0.4) is 0 Å². The van der Waals surface area contributed by atoms with E-state index in [-0.39, 0.29) is 11.1 Å². The third-order valence-corrected chi connectivity index (χ3v) is 2.91. The quantitative estimate of drug-likeness (QED) is 0.821. The number of amides is 1. The van der Waals surface area contributed by atoms with E-state index in [0.717, 1.165) is 31.2 Å². The van der Waals surface area contributed by atoms with Crippen LogP contribution in [0.2, 0.25) is 0 Å². The molecule has 0 saturated carbocycles. The highest BCUT2D eigenvalue weighted by atomic mass is 19.1. The van der Waals surface area contributed by atoms with Crippen molar-refractivity contribution in [1.29, 1.82) is 0 Å². The molecule has 1 aromatic carbocycles. The second-order valence-electron chi connectivity index (χ2n) is 4.60. The van der Waals surface area contributed by atoms with Gasteiger partial charge < -0.3 is 10.6 Å². The lowest BCUT2D eigenvalue weighted by molar-refractivity contribution is 0.0912. The molecule has 0 bridgehead atoms. The van der Waals surface area contributed by atoms with Crippen LogP contribution >= 0.6 is 0 Å². The van der Waals surface area contributed by atoms with Crippen LogP contribution in [0, 0.1) is 11.6 Å². The van der Waals surface area contributed by atoms with E-state index in [1.807, 2.05) is 6.92 Å². The molecule has 1 aliphatic rings. The van der Waals surface area contributed by atoms with Crippen LogP contribution in [0.25, 0.3) is 0 Å². The van der Waals surface area contributed by atoms with Crippen LogP contribution in [0.4, 0.5) is 8.78 Å². The molecular formula is C12H14F2N2O. The van der Waals surface area contributed by atoms with Gasteiger partial charge in [-0.05, 0) is 32.0 Å². The Bertz CT molecular complexity index is 422. The van der Waals surface area contributed by atoms with Gasteiger partial charge in [-0.15, -0.1) is 0 Å². The second kappa shape index (κ2) is 4.41. The van der Waals surface area contributed by atoms with Crippen molar-refractivity contribution in [2.75, 3.05) is 13.1 Å². The summed E-state index contributed by atoms with van der Waals surface area (Å²) in [4.78, 5) is 11.8. The van der Waals surface area contributed by atoms with Crippen molar-refractivity contribution in [1.82, 2.24) is 10.6 Å². The number of carbonyl (C=O) groups is 1. The minimum absolute atomic E-state index is 0.00984. The molecule has 0 aliphatic carbocycles. The summed E-state index contributed by atoms with van der Waals surface area (Å²) in [5, 5.41) is 5.92. The Morgan fingerprint density at radius 3 is 2.53 bits per heavy atom. The molecule has 1 amide bonds. The number of benzene rings is 1. The SMILES string of the molecule is CC1(NC(=O)c2cc(F)cc(F)c2)CCNC1. The first-order valence-electron chi connectivity index (χ1n) is 5.48. The highest BCUT2D eigenvalue weighted by Gasteiger charge is 2.30. The highest BCUT2D eigenvalue weighted by Crippen LogP contribution is 2.15. The molecular weight excluding hydrogens is 226 g/mol. The summed E-state index contributed by atoms with van der Waals surface area (Å²) in [7, 11) is 0. The molecule has 2 N–H and O–H groups in total. The minimum Gasteiger partial charge on any atom is -0.346 e. The van der Waals surface area contributed by atoms with E-state index >= 15 is 0 Å². The molecule has 0 aromatic heterocycles. The smallest absolute Gasteiger partial charge is 0.251 e. The fourth-order valence-electron chi connectivity index (χ4n) is 1.95. The van der Waals surface area contributed by atoms with Crippen molar-refractivity contribution >= 4 is 5.91 Å². The first-order chi connectivity index (χ1) is 7.98. The Morgan fingerprint density at radius 1 is 1.35 bits per heavy atom. The largest absolute Gasteiger partial charge is 0.346 e. The van der Waals surface area contributed by atoms with E-state index in [0.29, 0.717) is 6.54 Å². The fraction of sp³-hybridized carbons (Fsp3) is 0.417. The fourth-order valence-corrected chi connectivity index (χ4v) is 1.95. The first kappa shape index (κ1) is 12.0. The lowest BCUT2D eigenvalue weighted by atomic mass is 10.0. The van der Waals surface area contributed by atoms with Gasteiger partial charge in [-0.1, -0.05) is 0 Å². The Balaban J connectivity index is 2.14. The summed E-state index contributed by atoms with van der Waals surface area (Å²) < 4.78 is 25.9. The summed E-state index contributed by atoms with van der Waals surface area (Å²) in [5.74, 6) is -1.94. The number of rotatable bonds is 2. The molecule has 2 rings (SSSR count). The Morgan fingerprint density at radius 2 is 2.00 bits per heavy atom. The van der Waals surface area contributed by atoms with Gasteiger partial charge in [0.1, 0.15) is 11.6 Å². The third-order valence-electron chi connectivity index (χ3n) is 2.91. The molecule has 1 aromatic rings. The number of halogens is 2. The van der Waals surface area contributed by atoms with E-state index in [9.17, 15) is 13.6 Å².